The molecule has 1 saturated heterocycles. The average Bonchev–Trinajstić information content (AvgIpc) is 3.42. The number of hydrogen-bond acceptors (Lipinski definition) is 5. The first-order valence-electron chi connectivity index (χ1n) is 11.6. The summed E-state index contributed by atoms with van der Waals surface area (Å²) in [5.41, 5.74) is -0.491. The molecule has 2 aromatic rings. The minimum Gasteiger partial charge on any atom is -0.481 e. The van der Waals surface area contributed by atoms with Crippen LogP contribution in [0.1, 0.15) is 51.3 Å². The molecule has 4 rings (SSSR count). The molecule has 0 radical (unpaired) electrons. The maximum atomic E-state index is 13.6. The molecular formula is C25H31F3N2O3S. The highest BCUT2D eigenvalue weighted by atomic mass is 32.1. The van der Waals surface area contributed by atoms with Crippen molar-refractivity contribution in [1.82, 2.24) is 9.88 Å². The number of thiazole rings is 1. The predicted molar refractivity (Wildman–Crippen MR) is 124 cm³/mol. The molecule has 0 unspecified atom stereocenters. The number of nitrogens with zero attached hydrogens (tertiary/aromatic N) is 2. The number of halogens is 3. The summed E-state index contributed by atoms with van der Waals surface area (Å²) < 4.78 is 43.7. The number of rotatable bonds is 8. The molecule has 0 amide bonds. The molecule has 1 aliphatic carbocycles. The van der Waals surface area contributed by atoms with Crippen molar-refractivity contribution < 1.29 is 27.8 Å². The number of piperidine rings is 1. The van der Waals surface area contributed by atoms with Crippen LogP contribution in [0, 0.1) is 28.5 Å². The summed E-state index contributed by atoms with van der Waals surface area (Å²) in [6, 6.07) is 3.50. The minimum absolute atomic E-state index is 0.0304. The van der Waals surface area contributed by atoms with Crippen LogP contribution in [0.3, 0.4) is 0 Å². The third kappa shape index (κ3) is 5.74. The minimum atomic E-state index is -3.07. The molecule has 1 aromatic heterocycles. The fourth-order valence-electron chi connectivity index (χ4n) is 4.96. The van der Waals surface area contributed by atoms with Crippen LogP contribution in [0.15, 0.2) is 24.4 Å². The topological polar surface area (TPSA) is 62.7 Å². The molecule has 2 heterocycles. The van der Waals surface area contributed by atoms with E-state index in [1.54, 1.807) is 6.20 Å². The Kier molecular flexibility index (Phi) is 6.97. The van der Waals surface area contributed by atoms with Crippen molar-refractivity contribution in [1.29, 1.82) is 0 Å². The van der Waals surface area contributed by atoms with Crippen LogP contribution < -0.4 is 4.74 Å². The highest BCUT2D eigenvalue weighted by Crippen LogP contribution is 2.49. The number of likely N-dealkylation sites (tertiary alicyclic amines) is 1. The summed E-state index contributed by atoms with van der Waals surface area (Å²) in [5, 5.41) is 10.7. The van der Waals surface area contributed by atoms with Gasteiger partial charge >= 0.3 is 12.6 Å². The lowest BCUT2D eigenvalue weighted by Gasteiger charge is -2.48. The second kappa shape index (κ2) is 9.49. The molecule has 2 fully saturated rings. The van der Waals surface area contributed by atoms with E-state index in [9.17, 15) is 23.1 Å². The van der Waals surface area contributed by atoms with E-state index in [1.807, 2.05) is 0 Å². The number of carboxylic acid groups (broad SMARTS) is 1. The van der Waals surface area contributed by atoms with Gasteiger partial charge in [0.05, 0.1) is 11.0 Å². The number of ether oxygens (including phenoxy) is 1. The number of carbonyl (C=O) groups is 1. The number of carboxylic acids is 1. The monoisotopic (exact) mass is 496 g/mol. The van der Waals surface area contributed by atoms with Crippen LogP contribution >= 0.6 is 11.3 Å². The van der Waals surface area contributed by atoms with Gasteiger partial charge in [0.25, 0.3) is 0 Å². The zero-order chi connectivity index (χ0) is 24.7. The van der Waals surface area contributed by atoms with Gasteiger partial charge in [-0.05, 0) is 42.2 Å². The van der Waals surface area contributed by atoms with Crippen molar-refractivity contribution in [3.63, 3.8) is 0 Å². The normalized spacial score (nSPS) is 23.9. The number of aliphatic carboxylic acids is 1. The standard InChI is InChI=1S/C25H31F3N2O3S/c1-24(2,3)16-10-25(22(31)32,9-15-4-5-15)14-30(12-16)13-18-11-29-21(34-18)19-7-6-17(26)8-20(19)33-23(27)28/h6-8,11,15-16,23H,4-5,9-10,12-14H2,1-3H3,(H,31,32)/t16-,25-/m1/s1. The summed E-state index contributed by atoms with van der Waals surface area (Å²) >= 11 is 1.32. The van der Waals surface area contributed by atoms with E-state index in [2.05, 4.69) is 35.4 Å². The average molecular weight is 497 g/mol. The Morgan fingerprint density at radius 1 is 1.35 bits per heavy atom. The first-order valence-corrected chi connectivity index (χ1v) is 12.4. The van der Waals surface area contributed by atoms with E-state index < -0.39 is 23.8 Å². The van der Waals surface area contributed by atoms with E-state index >= 15 is 0 Å². The van der Waals surface area contributed by atoms with Crippen LogP contribution in [-0.2, 0) is 11.3 Å². The zero-order valence-electron chi connectivity index (χ0n) is 19.7. The van der Waals surface area contributed by atoms with Gasteiger partial charge < -0.3 is 9.84 Å². The summed E-state index contributed by atoms with van der Waals surface area (Å²) in [5.74, 6) is -0.914. The van der Waals surface area contributed by atoms with Gasteiger partial charge in [0.15, 0.2) is 0 Å². The summed E-state index contributed by atoms with van der Waals surface area (Å²) in [6.07, 6.45) is 5.28. The van der Waals surface area contributed by atoms with Gasteiger partial charge in [-0.25, -0.2) is 9.37 Å². The first kappa shape index (κ1) is 25.0. The lowest BCUT2D eigenvalue weighted by Crippen LogP contribution is -2.53. The summed E-state index contributed by atoms with van der Waals surface area (Å²) in [7, 11) is 0. The highest BCUT2D eigenvalue weighted by Gasteiger charge is 2.50. The smallest absolute Gasteiger partial charge is 0.387 e. The van der Waals surface area contributed by atoms with Crippen molar-refractivity contribution >= 4 is 17.3 Å². The van der Waals surface area contributed by atoms with Gasteiger partial charge in [-0.1, -0.05) is 33.6 Å². The fraction of sp³-hybridized carbons (Fsp3) is 0.600. The highest BCUT2D eigenvalue weighted by molar-refractivity contribution is 7.15. The number of hydrogen-bond donors (Lipinski definition) is 1. The molecule has 1 aromatic carbocycles. The molecule has 1 N–H and O–H groups in total. The molecule has 2 aliphatic rings. The predicted octanol–water partition coefficient (Wildman–Crippen LogP) is 6.29. The van der Waals surface area contributed by atoms with Crippen LogP contribution in [0.25, 0.3) is 10.6 Å². The Balaban J connectivity index is 1.57. The van der Waals surface area contributed by atoms with Gasteiger partial charge in [-0.15, -0.1) is 11.3 Å². The lowest BCUT2D eigenvalue weighted by molar-refractivity contribution is -0.157. The number of alkyl halides is 2. The van der Waals surface area contributed by atoms with Crippen molar-refractivity contribution in [3.05, 3.63) is 35.1 Å². The molecule has 34 heavy (non-hydrogen) atoms. The van der Waals surface area contributed by atoms with E-state index in [-0.39, 0.29) is 17.1 Å². The van der Waals surface area contributed by atoms with Gasteiger partial charge in [0.1, 0.15) is 16.6 Å². The molecule has 0 spiro atoms. The van der Waals surface area contributed by atoms with Crippen molar-refractivity contribution in [2.75, 3.05) is 13.1 Å². The molecule has 9 heteroatoms. The van der Waals surface area contributed by atoms with Gasteiger partial charge in [-0.2, -0.15) is 8.78 Å². The van der Waals surface area contributed by atoms with Gasteiger partial charge in [0.2, 0.25) is 0 Å². The molecule has 2 atom stereocenters. The van der Waals surface area contributed by atoms with Crippen LogP contribution in [0.2, 0.25) is 0 Å². The molecule has 1 aliphatic heterocycles. The quantitative estimate of drug-likeness (QED) is 0.465. The number of aromatic nitrogens is 1. The van der Waals surface area contributed by atoms with Crippen LogP contribution in [0.5, 0.6) is 5.75 Å². The zero-order valence-corrected chi connectivity index (χ0v) is 20.5. The Morgan fingerprint density at radius 2 is 2.09 bits per heavy atom. The Bertz CT molecular complexity index is 1030. The maximum absolute atomic E-state index is 13.6. The maximum Gasteiger partial charge on any atom is 0.387 e. The lowest BCUT2D eigenvalue weighted by atomic mass is 9.65. The van der Waals surface area contributed by atoms with Crippen molar-refractivity contribution in [2.24, 2.45) is 22.7 Å². The van der Waals surface area contributed by atoms with Crippen molar-refractivity contribution in [2.45, 2.75) is 59.6 Å². The molecule has 5 nitrogen and oxygen atoms in total. The molecule has 0 bridgehead atoms. The Labute approximate surface area is 202 Å². The summed E-state index contributed by atoms with van der Waals surface area (Å²) in [6.45, 7) is 5.20. The summed E-state index contributed by atoms with van der Waals surface area (Å²) in [4.78, 5) is 20.0. The van der Waals surface area contributed by atoms with Crippen molar-refractivity contribution in [3.8, 4) is 16.3 Å². The third-order valence-corrected chi connectivity index (χ3v) is 8.04. The van der Waals surface area contributed by atoms with E-state index in [1.165, 1.54) is 23.5 Å². The van der Waals surface area contributed by atoms with Gasteiger partial charge in [-0.3, -0.25) is 9.69 Å². The van der Waals surface area contributed by atoms with E-state index in [4.69, 9.17) is 0 Å². The second-order valence-electron chi connectivity index (χ2n) is 10.8. The van der Waals surface area contributed by atoms with E-state index in [0.29, 0.717) is 42.4 Å². The van der Waals surface area contributed by atoms with Crippen LogP contribution in [0.4, 0.5) is 13.2 Å². The molecular weight excluding hydrogens is 465 g/mol. The Morgan fingerprint density at radius 3 is 2.71 bits per heavy atom. The molecule has 1 saturated carbocycles. The first-order chi connectivity index (χ1) is 15.9. The van der Waals surface area contributed by atoms with Gasteiger partial charge in [0, 0.05) is 36.8 Å². The number of benzene rings is 1. The second-order valence-corrected chi connectivity index (χ2v) is 11.9. The SMILES string of the molecule is CC(C)(C)[C@H]1CN(Cc2cnc(-c3ccc(F)cc3OC(F)F)s2)C[C@](CC2CC2)(C(=O)O)C1. The fourth-order valence-corrected chi connectivity index (χ4v) is 5.95. The van der Waals surface area contributed by atoms with Crippen LogP contribution in [-0.4, -0.2) is 40.7 Å². The largest absolute Gasteiger partial charge is 0.481 e. The third-order valence-electron chi connectivity index (χ3n) is 7.02. The Hall–Kier alpha value is -2.13. The van der Waals surface area contributed by atoms with E-state index in [0.717, 1.165) is 30.3 Å². The molecule has 186 valence electrons.